The second-order valence-corrected chi connectivity index (χ2v) is 4.83. The van der Waals surface area contributed by atoms with E-state index in [1.54, 1.807) is 42.5 Å². The second-order valence-electron chi connectivity index (χ2n) is 3.38. The Bertz CT molecular complexity index is 564. The van der Waals surface area contributed by atoms with Crippen LogP contribution in [0.25, 0.3) is 0 Å². The van der Waals surface area contributed by atoms with Crippen LogP contribution < -0.4 is 0 Å². The molecular weight excluding hydrogens is 238 g/mol. The minimum Gasteiger partial charge on any atom is -0.478 e. The highest BCUT2D eigenvalue weighted by Gasteiger charge is 2.15. The summed E-state index contributed by atoms with van der Waals surface area (Å²) in [7, 11) is -1.46. The van der Waals surface area contributed by atoms with Gasteiger partial charge in [0.2, 0.25) is 0 Å². The van der Waals surface area contributed by atoms with Crippen molar-refractivity contribution >= 4 is 16.8 Å². The molecule has 0 aliphatic rings. The zero-order valence-corrected chi connectivity index (χ0v) is 9.68. The first kappa shape index (κ1) is 11.5. The fourth-order valence-corrected chi connectivity index (χ4v) is 2.69. The lowest BCUT2D eigenvalue weighted by atomic mass is 10.2. The molecule has 0 aliphatic heterocycles. The summed E-state index contributed by atoms with van der Waals surface area (Å²) < 4.78 is 12.2. The van der Waals surface area contributed by atoms with Crippen molar-refractivity contribution < 1.29 is 14.1 Å². The molecule has 0 radical (unpaired) electrons. The average molecular weight is 248 g/mol. The molecule has 2 rings (SSSR count). The largest absolute Gasteiger partial charge is 0.478 e. The molecule has 3 nitrogen and oxygen atoms in total. The maximum Gasteiger partial charge on any atom is 0.336 e. The van der Waals surface area contributed by atoms with E-state index in [1.165, 1.54) is 6.07 Å². The number of hydrogen-bond acceptors (Lipinski definition) is 2. The summed E-state index contributed by atoms with van der Waals surface area (Å²) in [6.07, 6.45) is 0. The van der Waals surface area contributed by atoms with Gasteiger partial charge in [0.1, 0.15) is 0 Å². The second kappa shape index (κ2) is 4.93. The summed E-state index contributed by atoms with van der Waals surface area (Å²) in [5.41, 5.74) is 0.0784. The lowest BCUT2D eigenvalue weighted by molar-refractivity contribution is 0.0693. The van der Waals surface area contributed by atoms with Gasteiger partial charge < -0.3 is 5.11 Å². The highest BCUT2D eigenvalue weighted by molar-refractivity contribution is 7.85. The lowest BCUT2D eigenvalue weighted by Crippen LogP contribution is -2.04. The molecule has 1 atom stereocenters. The van der Waals surface area contributed by atoms with E-state index in [4.69, 9.17) is 5.11 Å². The minimum atomic E-state index is -1.46. The third-order valence-corrected chi connectivity index (χ3v) is 3.73. The molecule has 0 saturated heterocycles. The highest BCUT2D eigenvalue weighted by Crippen LogP contribution is 2.19. The van der Waals surface area contributed by atoms with Gasteiger partial charge in [-0.05, 0) is 24.3 Å². The molecule has 86 valence electrons. The molecule has 0 saturated carbocycles. The summed E-state index contributed by atoms with van der Waals surface area (Å²) >= 11 is 0. The van der Waals surface area contributed by atoms with Gasteiger partial charge in [-0.2, -0.15) is 0 Å². The van der Waals surface area contributed by atoms with Crippen LogP contribution in [-0.4, -0.2) is 15.3 Å². The van der Waals surface area contributed by atoms with Crippen molar-refractivity contribution in [3.63, 3.8) is 0 Å². The topological polar surface area (TPSA) is 54.4 Å². The summed E-state index contributed by atoms with van der Waals surface area (Å²) in [5, 5.41) is 9.03. The van der Waals surface area contributed by atoms with Crippen LogP contribution in [0.2, 0.25) is 0 Å². The predicted molar refractivity (Wildman–Crippen MR) is 64.5 cm³/mol. The van der Waals surface area contributed by atoms with Crippen LogP contribution in [0.3, 0.4) is 0 Å². The Morgan fingerprint density at radius 3 is 2.24 bits per heavy atom. The van der Waals surface area contributed by atoms with E-state index in [2.05, 4.69) is 0 Å². The molecule has 0 heterocycles. The number of benzene rings is 2. The first-order valence-electron chi connectivity index (χ1n) is 4.99. The van der Waals surface area contributed by atoms with Gasteiger partial charge in [0.15, 0.2) is 0 Å². The lowest BCUT2D eigenvalue weighted by Gasteiger charge is -2.05. The number of aromatic carboxylic acids is 1. The van der Waals surface area contributed by atoms with Gasteiger partial charge in [-0.1, -0.05) is 30.3 Å². The van der Waals surface area contributed by atoms with Crippen LogP contribution in [0, 0.1) is 0 Å². The molecule has 1 unspecified atom stereocenters. The van der Waals surface area contributed by atoms with Gasteiger partial charge in [0.25, 0.3) is 0 Å². The molecule has 0 amide bonds. The zero-order valence-electron chi connectivity index (χ0n) is 8.87. The molecule has 0 aliphatic carbocycles. The van der Waals surface area contributed by atoms with Crippen molar-refractivity contribution in [1.82, 2.24) is 0 Å². The standard InChI is InChI=1S/C13H10O3S/c14-13(15)11-8-4-5-9-12(11)17(16)10-6-2-1-3-7-10/h1-9H,(H,14,15)/i16+2. The molecule has 1 N–H and O–H groups in total. The van der Waals surface area contributed by atoms with Crippen LogP contribution >= 0.6 is 0 Å². The van der Waals surface area contributed by atoms with Crippen LogP contribution in [0.4, 0.5) is 0 Å². The van der Waals surface area contributed by atoms with E-state index in [9.17, 15) is 9.00 Å². The monoisotopic (exact) mass is 248 g/mol. The van der Waals surface area contributed by atoms with Crippen LogP contribution in [-0.2, 0) is 10.8 Å². The van der Waals surface area contributed by atoms with Crippen molar-refractivity contribution in [2.45, 2.75) is 9.79 Å². The molecule has 0 aromatic heterocycles. The maximum absolute atomic E-state index is 12.2. The Morgan fingerprint density at radius 1 is 1.00 bits per heavy atom. The first-order valence-corrected chi connectivity index (χ1v) is 6.14. The Kier molecular flexibility index (Phi) is 3.35. The van der Waals surface area contributed by atoms with Crippen molar-refractivity contribution in [1.29, 1.82) is 0 Å². The molecule has 2 aromatic carbocycles. The maximum atomic E-state index is 12.2. The summed E-state index contributed by atoms with van der Waals surface area (Å²) in [4.78, 5) is 11.9. The SMILES string of the molecule is O=C(O)c1ccccc1S(=[18O])c1ccccc1. The van der Waals surface area contributed by atoms with Gasteiger partial charge in [-0.25, -0.2) is 9.00 Å². The highest BCUT2D eigenvalue weighted by atomic mass is 32.2. The van der Waals surface area contributed by atoms with E-state index >= 15 is 0 Å². The third-order valence-electron chi connectivity index (χ3n) is 2.27. The molecule has 2 aromatic rings. The van der Waals surface area contributed by atoms with Crippen molar-refractivity contribution in [2.24, 2.45) is 0 Å². The number of carboxylic acids is 1. The summed E-state index contributed by atoms with van der Waals surface area (Å²) in [5.74, 6) is -1.06. The average Bonchev–Trinajstić information content (AvgIpc) is 2.39. The van der Waals surface area contributed by atoms with E-state index in [0.29, 0.717) is 9.79 Å². The minimum absolute atomic E-state index is 0.0784. The van der Waals surface area contributed by atoms with Gasteiger partial charge in [-0.3, -0.25) is 0 Å². The first-order chi connectivity index (χ1) is 8.20. The Morgan fingerprint density at radius 2 is 1.59 bits per heavy atom. The molecule has 0 spiro atoms. The molecule has 0 bridgehead atoms. The number of hydrogen-bond donors (Lipinski definition) is 1. The normalized spacial score (nSPS) is 12.0. The molecule has 17 heavy (non-hydrogen) atoms. The summed E-state index contributed by atoms with van der Waals surface area (Å²) in [6, 6.07) is 15.1. The van der Waals surface area contributed by atoms with Gasteiger partial charge in [-0.15, -0.1) is 0 Å². The Labute approximate surface area is 101 Å². The molecule has 4 heteroatoms. The third kappa shape index (κ3) is 2.42. The Balaban J connectivity index is 2.48. The zero-order chi connectivity index (χ0) is 12.3. The van der Waals surface area contributed by atoms with Crippen molar-refractivity contribution in [3.05, 3.63) is 60.2 Å². The molecule has 0 fully saturated rings. The number of rotatable bonds is 3. The van der Waals surface area contributed by atoms with Crippen molar-refractivity contribution in [3.8, 4) is 0 Å². The quantitative estimate of drug-likeness (QED) is 0.849. The van der Waals surface area contributed by atoms with E-state index < -0.39 is 16.8 Å². The van der Waals surface area contributed by atoms with E-state index in [0.717, 1.165) is 0 Å². The van der Waals surface area contributed by atoms with Crippen molar-refractivity contribution in [2.75, 3.05) is 0 Å². The van der Waals surface area contributed by atoms with Gasteiger partial charge in [0, 0.05) is 4.90 Å². The van der Waals surface area contributed by atoms with Crippen LogP contribution in [0.1, 0.15) is 10.4 Å². The van der Waals surface area contributed by atoms with Gasteiger partial charge >= 0.3 is 5.97 Å². The van der Waals surface area contributed by atoms with Crippen LogP contribution in [0.15, 0.2) is 64.4 Å². The van der Waals surface area contributed by atoms with E-state index in [-0.39, 0.29) is 5.56 Å². The fraction of sp³-hybridized carbons (Fsp3) is 0. The molecular formula is C13H10O3S. The van der Waals surface area contributed by atoms with E-state index in [1.807, 2.05) is 6.07 Å². The predicted octanol–water partition coefficient (Wildman–Crippen LogP) is 2.55. The fourth-order valence-electron chi connectivity index (χ4n) is 1.48. The van der Waals surface area contributed by atoms with Gasteiger partial charge in [0.05, 0.1) is 21.3 Å². The number of carbonyl (C=O) groups is 1. The number of carboxylic acid groups (broad SMARTS) is 1. The smallest absolute Gasteiger partial charge is 0.336 e. The Hall–Kier alpha value is -1.94. The summed E-state index contributed by atoms with van der Waals surface area (Å²) in [6.45, 7) is 0. The van der Waals surface area contributed by atoms with Crippen LogP contribution in [0.5, 0.6) is 0 Å².